The van der Waals surface area contributed by atoms with Gasteiger partial charge in [0.2, 0.25) is 0 Å². The van der Waals surface area contributed by atoms with E-state index in [0.717, 1.165) is 41.0 Å². The number of nitrogens with one attached hydrogen (secondary N) is 2. The summed E-state index contributed by atoms with van der Waals surface area (Å²) in [6.07, 6.45) is 6.29. The molecule has 27 heavy (non-hydrogen) atoms. The summed E-state index contributed by atoms with van der Waals surface area (Å²) in [5, 5.41) is 12.0. The first kappa shape index (κ1) is 21.3. The van der Waals surface area contributed by atoms with Crippen LogP contribution in [0.3, 0.4) is 0 Å². The van der Waals surface area contributed by atoms with E-state index in [4.69, 9.17) is 0 Å². The summed E-state index contributed by atoms with van der Waals surface area (Å²) in [5.74, 6) is 1.57. The fourth-order valence-corrected chi connectivity index (χ4v) is 3.37. The number of aryl methyl sites for hydroxylation is 2. The third kappa shape index (κ3) is 5.99. The van der Waals surface area contributed by atoms with Gasteiger partial charge in [-0.05, 0) is 37.6 Å². The second-order valence-electron chi connectivity index (χ2n) is 5.82. The van der Waals surface area contributed by atoms with Crippen LogP contribution in [0.4, 0.5) is 0 Å². The first-order valence-corrected chi connectivity index (χ1v) is 9.29. The molecule has 3 rings (SSSR count). The molecule has 0 saturated heterocycles. The number of pyridine rings is 1. The summed E-state index contributed by atoms with van der Waals surface area (Å²) in [7, 11) is 1.77. The van der Waals surface area contributed by atoms with Crippen molar-refractivity contribution in [3.05, 3.63) is 57.9 Å². The van der Waals surface area contributed by atoms with Crippen LogP contribution >= 0.6 is 35.3 Å². The van der Waals surface area contributed by atoms with Crippen LogP contribution in [0.1, 0.15) is 21.1 Å². The highest BCUT2D eigenvalue weighted by atomic mass is 127. The molecule has 0 radical (unpaired) electrons. The molecule has 9 heteroatoms. The molecule has 0 aliphatic carbocycles. The zero-order chi connectivity index (χ0) is 18.4. The van der Waals surface area contributed by atoms with Gasteiger partial charge >= 0.3 is 0 Å². The molecule has 0 aliphatic heterocycles. The number of rotatable bonds is 6. The molecule has 3 aromatic heterocycles. The number of guanidine groups is 1. The van der Waals surface area contributed by atoms with Crippen LogP contribution in [0.5, 0.6) is 0 Å². The van der Waals surface area contributed by atoms with Crippen molar-refractivity contribution in [2.45, 2.75) is 26.8 Å². The Labute approximate surface area is 180 Å². The predicted molar refractivity (Wildman–Crippen MR) is 120 cm³/mol. The van der Waals surface area contributed by atoms with Crippen molar-refractivity contribution in [1.29, 1.82) is 0 Å². The number of aliphatic imine (C=N–C) groups is 1. The highest BCUT2D eigenvalue weighted by Crippen LogP contribution is 2.16. The van der Waals surface area contributed by atoms with E-state index in [1.165, 1.54) is 4.88 Å². The molecule has 0 amide bonds. The van der Waals surface area contributed by atoms with Crippen molar-refractivity contribution in [3.8, 4) is 5.82 Å². The van der Waals surface area contributed by atoms with Crippen molar-refractivity contribution < 1.29 is 0 Å². The zero-order valence-corrected chi connectivity index (χ0v) is 18.8. The summed E-state index contributed by atoms with van der Waals surface area (Å²) < 4.78 is 1.74. The van der Waals surface area contributed by atoms with Gasteiger partial charge < -0.3 is 10.6 Å². The van der Waals surface area contributed by atoms with Crippen molar-refractivity contribution >= 4 is 41.3 Å². The first-order chi connectivity index (χ1) is 12.7. The smallest absolute Gasteiger partial charge is 0.191 e. The maximum atomic E-state index is 4.56. The zero-order valence-electron chi connectivity index (χ0n) is 15.6. The van der Waals surface area contributed by atoms with Crippen LogP contribution in [0.2, 0.25) is 0 Å². The summed E-state index contributed by atoms with van der Waals surface area (Å²) in [6.45, 7) is 5.61. The summed E-state index contributed by atoms with van der Waals surface area (Å²) in [6, 6.07) is 5.87. The Balaban J connectivity index is 0.00000261. The van der Waals surface area contributed by atoms with Crippen LogP contribution < -0.4 is 10.6 Å². The Morgan fingerprint density at radius 3 is 2.78 bits per heavy atom. The molecule has 0 aliphatic rings. The Hall–Kier alpha value is -2.01. The van der Waals surface area contributed by atoms with Gasteiger partial charge in [0, 0.05) is 50.0 Å². The lowest BCUT2D eigenvalue weighted by atomic mass is 10.2. The van der Waals surface area contributed by atoms with Gasteiger partial charge in [-0.2, -0.15) is 5.10 Å². The molecule has 0 bridgehead atoms. The number of aromatic nitrogens is 4. The molecule has 7 nitrogen and oxygen atoms in total. The van der Waals surface area contributed by atoms with Crippen molar-refractivity contribution in [1.82, 2.24) is 30.4 Å². The van der Waals surface area contributed by atoms with E-state index in [1.54, 1.807) is 35.5 Å². The Morgan fingerprint density at radius 2 is 2.11 bits per heavy atom. The standard InChI is InChI=1S/C18H23N7S.HI/c1-13-14(2)26-17(24-13)6-9-21-18(19-3)22-12-15-5-8-20-16(11-15)25-10-4-7-23-25;/h4-5,7-8,10-11H,6,9,12H2,1-3H3,(H2,19,21,22);1H. The highest BCUT2D eigenvalue weighted by molar-refractivity contribution is 14.0. The van der Waals surface area contributed by atoms with E-state index in [1.807, 2.05) is 24.4 Å². The van der Waals surface area contributed by atoms with Gasteiger partial charge in [0.05, 0.1) is 10.7 Å². The minimum atomic E-state index is 0. The predicted octanol–water partition coefficient (Wildman–Crippen LogP) is 2.87. The summed E-state index contributed by atoms with van der Waals surface area (Å²) >= 11 is 1.76. The van der Waals surface area contributed by atoms with Crippen molar-refractivity contribution in [2.75, 3.05) is 13.6 Å². The minimum Gasteiger partial charge on any atom is -0.356 e. The van der Waals surface area contributed by atoms with E-state index < -0.39 is 0 Å². The molecule has 0 spiro atoms. The van der Waals surface area contributed by atoms with E-state index in [2.05, 4.69) is 44.5 Å². The average Bonchev–Trinajstić information content (AvgIpc) is 3.29. The highest BCUT2D eigenvalue weighted by Gasteiger charge is 2.05. The largest absolute Gasteiger partial charge is 0.356 e. The lowest BCUT2D eigenvalue weighted by molar-refractivity contribution is 0.786. The number of nitrogens with zero attached hydrogens (tertiary/aromatic N) is 5. The molecule has 2 N–H and O–H groups in total. The number of thiazole rings is 1. The van der Waals surface area contributed by atoms with Crippen LogP contribution in [-0.2, 0) is 13.0 Å². The van der Waals surface area contributed by atoms with E-state index in [9.17, 15) is 0 Å². The fourth-order valence-electron chi connectivity index (χ4n) is 2.44. The molecular weight excluding hydrogens is 473 g/mol. The summed E-state index contributed by atoms with van der Waals surface area (Å²) in [4.78, 5) is 14.5. The van der Waals surface area contributed by atoms with Gasteiger partial charge in [-0.15, -0.1) is 35.3 Å². The molecule has 0 atom stereocenters. The maximum absolute atomic E-state index is 4.56. The Morgan fingerprint density at radius 1 is 1.26 bits per heavy atom. The quantitative estimate of drug-likeness (QED) is 0.311. The number of hydrogen-bond donors (Lipinski definition) is 2. The lowest BCUT2D eigenvalue weighted by Crippen LogP contribution is -2.37. The van der Waals surface area contributed by atoms with Gasteiger partial charge in [-0.1, -0.05) is 0 Å². The Bertz CT molecular complexity index is 854. The molecule has 0 saturated carbocycles. The average molecular weight is 497 g/mol. The van der Waals surface area contributed by atoms with Gasteiger partial charge in [-0.25, -0.2) is 14.6 Å². The third-order valence-electron chi connectivity index (χ3n) is 3.94. The second-order valence-corrected chi connectivity index (χ2v) is 7.11. The van der Waals surface area contributed by atoms with Crippen LogP contribution in [0.15, 0.2) is 41.8 Å². The third-order valence-corrected chi connectivity index (χ3v) is 5.07. The molecule has 0 fully saturated rings. The molecule has 144 valence electrons. The monoisotopic (exact) mass is 497 g/mol. The maximum Gasteiger partial charge on any atom is 0.191 e. The molecule has 0 aromatic carbocycles. The van der Waals surface area contributed by atoms with Crippen molar-refractivity contribution in [2.24, 2.45) is 4.99 Å². The lowest BCUT2D eigenvalue weighted by Gasteiger charge is -2.12. The van der Waals surface area contributed by atoms with E-state index in [-0.39, 0.29) is 24.0 Å². The van der Waals surface area contributed by atoms with Crippen molar-refractivity contribution in [3.63, 3.8) is 0 Å². The number of halogens is 1. The van der Waals surface area contributed by atoms with Gasteiger partial charge in [-0.3, -0.25) is 4.99 Å². The minimum absolute atomic E-state index is 0. The van der Waals surface area contributed by atoms with Gasteiger partial charge in [0.1, 0.15) is 0 Å². The van der Waals surface area contributed by atoms with Crippen LogP contribution in [-0.4, -0.2) is 39.3 Å². The second kappa shape index (κ2) is 10.4. The van der Waals surface area contributed by atoms with Crippen LogP contribution in [0, 0.1) is 13.8 Å². The molecule has 3 heterocycles. The van der Waals surface area contributed by atoms with E-state index >= 15 is 0 Å². The molecule has 0 unspecified atom stereocenters. The fraction of sp³-hybridized carbons (Fsp3) is 0.333. The summed E-state index contributed by atoms with van der Waals surface area (Å²) in [5.41, 5.74) is 2.23. The van der Waals surface area contributed by atoms with E-state index in [0.29, 0.717) is 6.54 Å². The topological polar surface area (TPSA) is 80.0 Å². The molecular formula is C18H24IN7S. The van der Waals surface area contributed by atoms with Gasteiger partial charge in [0.15, 0.2) is 11.8 Å². The first-order valence-electron chi connectivity index (χ1n) is 8.48. The van der Waals surface area contributed by atoms with Gasteiger partial charge in [0.25, 0.3) is 0 Å². The molecule has 3 aromatic rings. The normalized spacial score (nSPS) is 11.1. The number of hydrogen-bond acceptors (Lipinski definition) is 5. The SMILES string of the molecule is CN=C(NCCc1nc(C)c(C)s1)NCc1ccnc(-n2cccn2)c1.I. The Kier molecular flexibility index (Phi) is 8.17. The van der Waals surface area contributed by atoms with Crippen LogP contribution in [0.25, 0.3) is 5.82 Å².